The first kappa shape index (κ1) is 17.4. The van der Waals surface area contributed by atoms with Crippen LogP contribution in [0.1, 0.15) is 11.1 Å². The summed E-state index contributed by atoms with van der Waals surface area (Å²) in [7, 11) is 0. The Labute approximate surface area is 138 Å². The van der Waals surface area contributed by atoms with Crippen LogP contribution in [0.2, 0.25) is 5.02 Å². The summed E-state index contributed by atoms with van der Waals surface area (Å²) in [5.41, 5.74) is 0.146. The minimum atomic E-state index is -4.50. The Balaban J connectivity index is 2.14. The van der Waals surface area contributed by atoms with Gasteiger partial charge in [-0.1, -0.05) is 29.8 Å². The molecule has 4 nitrogen and oxygen atoms in total. The van der Waals surface area contributed by atoms with Gasteiger partial charge in [0.2, 0.25) is 0 Å². The Morgan fingerprint density at radius 2 is 2.04 bits per heavy atom. The SMILES string of the molecule is O=C(O)Nc1ccccc1CSc1ncc(C(F)(F)F)cc1Cl. The lowest BCUT2D eigenvalue weighted by Gasteiger charge is -2.10. The van der Waals surface area contributed by atoms with Crippen molar-refractivity contribution in [1.29, 1.82) is 0 Å². The first-order valence-corrected chi connectivity index (χ1v) is 7.57. The minimum Gasteiger partial charge on any atom is -0.465 e. The third-order valence-electron chi connectivity index (χ3n) is 2.76. The van der Waals surface area contributed by atoms with Crippen LogP contribution < -0.4 is 5.32 Å². The van der Waals surface area contributed by atoms with Crippen LogP contribution in [0.4, 0.5) is 23.7 Å². The average molecular weight is 363 g/mol. The lowest BCUT2D eigenvalue weighted by atomic mass is 10.2. The largest absolute Gasteiger partial charge is 0.465 e. The summed E-state index contributed by atoms with van der Waals surface area (Å²) in [6.45, 7) is 0. The Morgan fingerprint density at radius 1 is 1.35 bits per heavy atom. The molecule has 2 N–H and O–H groups in total. The first-order valence-electron chi connectivity index (χ1n) is 6.21. The molecule has 0 saturated heterocycles. The van der Waals surface area contributed by atoms with E-state index in [0.717, 1.165) is 24.0 Å². The molecule has 9 heteroatoms. The number of benzene rings is 1. The number of aromatic nitrogens is 1. The smallest absolute Gasteiger partial charge is 0.417 e. The highest BCUT2D eigenvalue weighted by Gasteiger charge is 2.31. The number of nitrogens with one attached hydrogen (secondary N) is 1. The van der Waals surface area contributed by atoms with Crippen molar-refractivity contribution in [3.8, 4) is 0 Å². The number of carbonyl (C=O) groups is 1. The molecule has 122 valence electrons. The summed E-state index contributed by atoms with van der Waals surface area (Å²) < 4.78 is 37.7. The zero-order chi connectivity index (χ0) is 17.0. The van der Waals surface area contributed by atoms with E-state index in [2.05, 4.69) is 10.3 Å². The normalized spacial score (nSPS) is 11.3. The van der Waals surface area contributed by atoms with Crippen LogP contribution in [0.3, 0.4) is 0 Å². The number of anilines is 1. The molecule has 0 bridgehead atoms. The molecule has 0 spiro atoms. The fraction of sp³-hybridized carbons (Fsp3) is 0.143. The van der Waals surface area contributed by atoms with Crippen LogP contribution in [0, 0.1) is 0 Å². The van der Waals surface area contributed by atoms with Gasteiger partial charge >= 0.3 is 12.3 Å². The maximum Gasteiger partial charge on any atom is 0.417 e. The molecule has 1 amide bonds. The van der Waals surface area contributed by atoms with E-state index in [9.17, 15) is 18.0 Å². The van der Waals surface area contributed by atoms with E-state index in [4.69, 9.17) is 16.7 Å². The van der Waals surface area contributed by atoms with Gasteiger partial charge in [0.15, 0.2) is 0 Å². The van der Waals surface area contributed by atoms with Gasteiger partial charge in [-0.25, -0.2) is 9.78 Å². The number of thioether (sulfide) groups is 1. The Bertz CT molecular complexity index is 725. The third-order valence-corrected chi connectivity index (χ3v) is 4.21. The number of pyridine rings is 1. The lowest BCUT2D eigenvalue weighted by molar-refractivity contribution is -0.137. The molecule has 1 aromatic heterocycles. The summed E-state index contributed by atoms with van der Waals surface area (Å²) in [5, 5.41) is 11.2. The molecule has 0 aliphatic carbocycles. The highest BCUT2D eigenvalue weighted by atomic mass is 35.5. The van der Waals surface area contributed by atoms with Crippen LogP contribution in [0.15, 0.2) is 41.6 Å². The van der Waals surface area contributed by atoms with Crippen LogP contribution in [-0.2, 0) is 11.9 Å². The summed E-state index contributed by atoms with van der Waals surface area (Å²) in [5.74, 6) is 0.300. The van der Waals surface area contributed by atoms with E-state index in [1.165, 1.54) is 0 Å². The predicted molar refractivity (Wildman–Crippen MR) is 81.9 cm³/mol. The van der Waals surface area contributed by atoms with E-state index in [1.807, 2.05) is 0 Å². The van der Waals surface area contributed by atoms with E-state index < -0.39 is 17.8 Å². The van der Waals surface area contributed by atoms with Crippen molar-refractivity contribution < 1.29 is 23.1 Å². The quantitative estimate of drug-likeness (QED) is 0.739. The number of para-hydroxylation sites is 1. The van der Waals surface area contributed by atoms with Gasteiger partial charge in [0, 0.05) is 17.6 Å². The summed E-state index contributed by atoms with van der Waals surface area (Å²) in [6, 6.07) is 7.51. The molecule has 1 aromatic carbocycles. The first-order chi connectivity index (χ1) is 10.8. The summed E-state index contributed by atoms with van der Waals surface area (Å²) in [6.07, 6.45) is -4.99. The van der Waals surface area contributed by atoms with Crippen molar-refractivity contribution in [2.75, 3.05) is 5.32 Å². The fourth-order valence-electron chi connectivity index (χ4n) is 1.72. The van der Waals surface area contributed by atoms with Crippen molar-refractivity contribution >= 4 is 35.1 Å². The van der Waals surface area contributed by atoms with E-state index in [0.29, 0.717) is 17.0 Å². The zero-order valence-corrected chi connectivity index (χ0v) is 13.0. The number of rotatable bonds is 4. The van der Waals surface area contributed by atoms with Gasteiger partial charge in [-0.15, -0.1) is 11.8 Å². The molecule has 0 radical (unpaired) electrons. The summed E-state index contributed by atoms with van der Waals surface area (Å²) in [4.78, 5) is 14.4. The molecule has 1 heterocycles. The number of hydrogen-bond acceptors (Lipinski definition) is 3. The molecule has 2 aromatic rings. The summed E-state index contributed by atoms with van der Waals surface area (Å²) >= 11 is 6.95. The van der Waals surface area contributed by atoms with E-state index in [1.54, 1.807) is 24.3 Å². The van der Waals surface area contributed by atoms with Gasteiger partial charge in [0.1, 0.15) is 5.03 Å². The molecule has 2 rings (SSSR count). The monoisotopic (exact) mass is 362 g/mol. The lowest BCUT2D eigenvalue weighted by Crippen LogP contribution is -2.09. The molecule has 23 heavy (non-hydrogen) atoms. The number of alkyl halides is 3. The molecule has 0 saturated carbocycles. The molecule has 0 unspecified atom stereocenters. The van der Waals surface area contributed by atoms with Gasteiger partial charge in [0.05, 0.1) is 10.6 Å². The average Bonchev–Trinajstić information content (AvgIpc) is 2.45. The molecule has 0 aliphatic heterocycles. The van der Waals surface area contributed by atoms with Gasteiger partial charge < -0.3 is 5.11 Å². The Hall–Kier alpha value is -1.93. The van der Waals surface area contributed by atoms with Gasteiger partial charge in [-0.05, 0) is 17.7 Å². The molecule has 0 atom stereocenters. The van der Waals surface area contributed by atoms with Crippen LogP contribution in [0.25, 0.3) is 0 Å². The van der Waals surface area contributed by atoms with Crippen molar-refractivity contribution in [1.82, 2.24) is 4.98 Å². The minimum absolute atomic E-state index is 0.103. The van der Waals surface area contributed by atoms with Crippen molar-refractivity contribution in [2.45, 2.75) is 17.0 Å². The number of carboxylic acid groups (broad SMARTS) is 1. The number of hydrogen-bond donors (Lipinski definition) is 2. The number of nitrogens with zero attached hydrogens (tertiary/aromatic N) is 1. The van der Waals surface area contributed by atoms with Crippen LogP contribution in [-0.4, -0.2) is 16.2 Å². The van der Waals surface area contributed by atoms with Crippen molar-refractivity contribution in [2.24, 2.45) is 0 Å². The number of halogens is 4. The van der Waals surface area contributed by atoms with Crippen LogP contribution >= 0.6 is 23.4 Å². The molecular formula is C14H10ClF3N2O2S. The van der Waals surface area contributed by atoms with Crippen molar-refractivity contribution in [3.63, 3.8) is 0 Å². The highest BCUT2D eigenvalue weighted by molar-refractivity contribution is 7.98. The molecule has 0 aliphatic rings. The van der Waals surface area contributed by atoms with Crippen molar-refractivity contribution in [3.05, 3.63) is 52.7 Å². The van der Waals surface area contributed by atoms with Gasteiger partial charge in [-0.3, -0.25) is 5.32 Å². The van der Waals surface area contributed by atoms with E-state index in [-0.39, 0.29) is 10.0 Å². The second-order valence-corrected chi connectivity index (χ2v) is 5.76. The fourth-order valence-corrected chi connectivity index (χ4v) is 2.91. The topological polar surface area (TPSA) is 62.2 Å². The highest BCUT2D eigenvalue weighted by Crippen LogP contribution is 2.35. The van der Waals surface area contributed by atoms with Gasteiger partial charge in [0.25, 0.3) is 0 Å². The molecule has 0 fully saturated rings. The molecular weight excluding hydrogens is 353 g/mol. The standard InChI is InChI=1S/C14H10ClF3N2O2S/c15-10-5-9(14(16,17)18)6-19-12(10)23-7-8-3-1-2-4-11(8)20-13(21)22/h1-6,20H,7H2,(H,21,22). The predicted octanol–water partition coefficient (Wildman–Crippen LogP) is 5.14. The van der Waals surface area contributed by atoms with Crippen LogP contribution in [0.5, 0.6) is 0 Å². The Morgan fingerprint density at radius 3 is 2.65 bits per heavy atom. The second kappa shape index (κ2) is 7.10. The van der Waals surface area contributed by atoms with E-state index >= 15 is 0 Å². The zero-order valence-electron chi connectivity index (χ0n) is 11.4. The number of amides is 1. The third kappa shape index (κ3) is 4.77. The second-order valence-electron chi connectivity index (χ2n) is 4.38. The maximum absolute atomic E-state index is 12.6. The maximum atomic E-state index is 12.6. The Kier molecular flexibility index (Phi) is 5.38. The van der Waals surface area contributed by atoms with Gasteiger partial charge in [-0.2, -0.15) is 13.2 Å².